The van der Waals surface area contributed by atoms with Crippen molar-refractivity contribution in [3.05, 3.63) is 60.2 Å². The second-order valence-electron chi connectivity index (χ2n) is 7.73. The molecule has 0 saturated heterocycles. The molecule has 0 heterocycles. The van der Waals surface area contributed by atoms with E-state index in [2.05, 4.69) is 5.32 Å². The number of hydrogen-bond donors (Lipinski definition) is 3. The van der Waals surface area contributed by atoms with Crippen molar-refractivity contribution >= 4 is 17.8 Å². The third kappa shape index (κ3) is 5.44. The summed E-state index contributed by atoms with van der Waals surface area (Å²) < 4.78 is 0. The molecule has 1 unspecified atom stereocenters. The van der Waals surface area contributed by atoms with Crippen LogP contribution >= 0.6 is 0 Å². The molecule has 29 heavy (non-hydrogen) atoms. The lowest BCUT2D eigenvalue weighted by molar-refractivity contribution is -0.141. The normalized spacial score (nSPS) is 19.8. The van der Waals surface area contributed by atoms with Crippen LogP contribution in [0.15, 0.2) is 54.6 Å². The Morgan fingerprint density at radius 2 is 1.59 bits per heavy atom. The Morgan fingerprint density at radius 1 is 0.966 bits per heavy atom. The molecule has 1 aliphatic rings. The predicted molar refractivity (Wildman–Crippen MR) is 108 cm³/mol. The molecule has 1 fully saturated rings. The van der Waals surface area contributed by atoms with E-state index in [0.717, 1.165) is 16.7 Å². The smallest absolute Gasteiger partial charge is 0.307 e. The lowest BCUT2D eigenvalue weighted by Crippen LogP contribution is -2.40. The molecule has 2 aromatic rings. The molecule has 0 aromatic heterocycles. The summed E-state index contributed by atoms with van der Waals surface area (Å²) in [5, 5.41) is 21.1. The van der Waals surface area contributed by atoms with Crippen molar-refractivity contribution in [3.8, 4) is 11.1 Å². The lowest BCUT2D eigenvalue weighted by atomic mass is 9.94. The monoisotopic (exact) mass is 395 g/mol. The molecule has 152 valence electrons. The third-order valence-corrected chi connectivity index (χ3v) is 5.39. The van der Waals surface area contributed by atoms with Crippen LogP contribution in [0.2, 0.25) is 0 Å². The van der Waals surface area contributed by atoms with Gasteiger partial charge in [0.05, 0.1) is 17.8 Å². The third-order valence-electron chi connectivity index (χ3n) is 5.39. The summed E-state index contributed by atoms with van der Waals surface area (Å²) in [5.41, 5.74) is 3.17. The summed E-state index contributed by atoms with van der Waals surface area (Å²) in [7, 11) is 0. The lowest BCUT2D eigenvalue weighted by Gasteiger charge is -2.21. The minimum atomic E-state index is -0.961. The Kier molecular flexibility index (Phi) is 6.32. The second kappa shape index (κ2) is 8.90. The van der Waals surface area contributed by atoms with Gasteiger partial charge in [0.25, 0.3) is 0 Å². The minimum Gasteiger partial charge on any atom is -0.481 e. The summed E-state index contributed by atoms with van der Waals surface area (Å²) in [6.45, 7) is 1.61. The number of carboxylic acid groups (broad SMARTS) is 2. The van der Waals surface area contributed by atoms with E-state index < -0.39 is 29.7 Å². The van der Waals surface area contributed by atoms with Crippen LogP contribution in [0.25, 0.3) is 11.1 Å². The van der Waals surface area contributed by atoms with Gasteiger partial charge in [-0.3, -0.25) is 14.4 Å². The number of nitrogens with one attached hydrogen (secondary N) is 1. The molecular formula is C23H25NO5. The Bertz CT molecular complexity index is 878. The SMILES string of the molecule is C[C@H](C[C@@H](Cc1ccc(-c2ccccc2)cc1)NC(=O)[C@H]1CC1C(=O)O)C(=O)O. The molecule has 4 atom stereocenters. The van der Waals surface area contributed by atoms with Gasteiger partial charge in [0.1, 0.15) is 0 Å². The summed E-state index contributed by atoms with van der Waals surface area (Å²) in [5.74, 6) is -3.94. The Balaban J connectivity index is 1.68. The summed E-state index contributed by atoms with van der Waals surface area (Å²) in [6, 6.07) is 17.6. The van der Waals surface area contributed by atoms with Gasteiger partial charge in [-0.25, -0.2) is 0 Å². The number of benzene rings is 2. The fraction of sp³-hybridized carbons (Fsp3) is 0.348. The average molecular weight is 395 g/mol. The molecule has 1 aliphatic carbocycles. The van der Waals surface area contributed by atoms with E-state index in [-0.39, 0.29) is 18.4 Å². The summed E-state index contributed by atoms with van der Waals surface area (Å²) >= 11 is 0. The van der Waals surface area contributed by atoms with Gasteiger partial charge in [-0.2, -0.15) is 0 Å². The first-order chi connectivity index (χ1) is 13.8. The van der Waals surface area contributed by atoms with Crippen LogP contribution in [0, 0.1) is 17.8 Å². The zero-order chi connectivity index (χ0) is 21.0. The number of rotatable bonds is 9. The van der Waals surface area contributed by atoms with E-state index in [4.69, 9.17) is 5.11 Å². The van der Waals surface area contributed by atoms with Crippen molar-refractivity contribution in [2.75, 3.05) is 0 Å². The topological polar surface area (TPSA) is 104 Å². The first kappa shape index (κ1) is 20.6. The number of carboxylic acids is 2. The summed E-state index contributed by atoms with van der Waals surface area (Å²) in [6.07, 6.45) is 1.11. The standard InChI is InChI=1S/C23H25NO5/c1-14(22(26)27)11-18(24-21(25)19-13-20(19)23(28)29)12-15-7-9-17(10-8-15)16-5-3-2-4-6-16/h2-10,14,18-20H,11-13H2,1H3,(H,24,25)(H,26,27)(H,28,29)/t14-,18+,19+,20?/m1/s1. The van der Waals surface area contributed by atoms with E-state index in [0.29, 0.717) is 12.8 Å². The zero-order valence-corrected chi connectivity index (χ0v) is 16.2. The van der Waals surface area contributed by atoms with Gasteiger partial charge in [0, 0.05) is 6.04 Å². The van der Waals surface area contributed by atoms with Gasteiger partial charge in [-0.1, -0.05) is 61.5 Å². The maximum absolute atomic E-state index is 12.4. The van der Waals surface area contributed by atoms with Crippen molar-refractivity contribution in [1.82, 2.24) is 5.32 Å². The van der Waals surface area contributed by atoms with Gasteiger partial charge in [-0.15, -0.1) is 0 Å². The molecular weight excluding hydrogens is 370 g/mol. The Hall–Kier alpha value is -3.15. The Labute approximate surface area is 169 Å². The molecule has 6 nitrogen and oxygen atoms in total. The minimum absolute atomic E-state index is 0.284. The molecule has 0 aliphatic heterocycles. The molecule has 1 saturated carbocycles. The highest BCUT2D eigenvalue weighted by molar-refractivity contribution is 5.89. The molecule has 1 amide bonds. The van der Waals surface area contributed by atoms with E-state index in [1.807, 2.05) is 54.6 Å². The van der Waals surface area contributed by atoms with Gasteiger partial charge in [0.15, 0.2) is 0 Å². The van der Waals surface area contributed by atoms with Crippen LogP contribution in [-0.4, -0.2) is 34.1 Å². The second-order valence-corrected chi connectivity index (χ2v) is 7.73. The van der Waals surface area contributed by atoms with E-state index in [1.54, 1.807) is 6.92 Å². The number of aliphatic carboxylic acids is 2. The molecule has 0 bridgehead atoms. The molecule has 0 spiro atoms. The van der Waals surface area contributed by atoms with Crippen LogP contribution in [0.4, 0.5) is 0 Å². The molecule has 3 rings (SSSR count). The van der Waals surface area contributed by atoms with E-state index >= 15 is 0 Å². The highest BCUT2D eigenvalue weighted by atomic mass is 16.4. The van der Waals surface area contributed by atoms with Crippen LogP contribution in [-0.2, 0) is 20.8 Å². The molecule has 3 N–H and O–H groups in total. The highest BCUT2D eigenvalue weighted by Gasteiger charge is 2.48. The molecule has 0 radical (unpaired) electrons. The first-order valence-corrected chi connectivity index (χ1v) is 9.75. The van der Waals surface area contributed by atoms with E-state index in [1.165, 1.54) is 0 Å². The fourth-order valence-electron chi connectivity index (χ4n) is 3.54. The fourth-order valence-corrected chi connectivity index (χ4v) is 3.54. The first-order valence-electron chi connectivity index (χ1n) is 9.75. The predicted octanol–water partition coefficient (Wildman–Crippen LogP) is 3.21. The van der Waals surface area contributed by atoms with Gasteiger partial charge in [-0.05, 0) is 36.0 Å². The van der Waals surface area contributed by atoms with Crippen molar-refractivity contribution in [2.45, 2.75) is 32.2 Å². The van der Waals surface area contributed by atoms with Crippen LogP contribution in [0.5, 0.6) is 0 Å². The molecule has 6 heteroatoms. The van der Waals surface area contributed by atoms with Gasteiger partial charge < -0.3 is 15.5 Å². The zero-order valence-electron chi connectivity index (χ0n) is 16.2. The van der Waals surface area contributed by atoms with Crippen LogP contribution < -0.4 is 5.32 Å². The van der Waals surface area contributed by atoms with Gasteiger partial charge >= 0.3 is 11.9 Å². The number of hydrogen-bond acceptors (Lipinski definition) is 3. The maximum atomic E-state index is 12.4. The summed E-state index contributed by atoms with van der Waals surface area (Å²) in [4.78, 5) is 34.7. The average Bonchev–Trinajstić information content (AvgIpc) is 3.50. The van der Waals surface area contributed by atoms with Crippen molar-refractivity contribution < 1.29 is 24.6 Å². The maximum Gasteiger partial charge on any atom is 0.307 e. The van der Waals surface area contributed by atoms with Gasteiger partial charge in [0.2, 0.25) is 5.91 Å². The Morgan fingerprint density at radius 3 is 2.14 bits per heavy atom. The van der Waals surface area contributed by atoms with Crippen molar-refractivity contribution in [1.29, 1.82) is 0 Å². The van der Waals surface area contributed by atoms with E-state index in [9.17, 15) is 19.5 Å². The van der Waals surface area contributed by atoms with Crippen LogP contribution in [0.3, 0.4) is 0 Å². The molecule has 2 aromatic carbocycles. The van der Waals surface area contributed by atoms with Crippen LogP contribution in [0.1, 0.15) is 25.3 Å². The largest absolute Gasteiger partial charge is 0.481 e. The van der Waals surface area contributed by atoms with Crippen molar-refractivity contribution in [3.63, 3.8) is 0 Å². The quantitative estimate of drug-likeness (QED) is 0.605. The number of carbonyl (C=O) groups is 3. The number of carbonyl (C=O) groups excluding carboxylic acids is 1. The number of amides is 1. The highest BCUT2D eigenvalue weighted by Crippen LogP contribution is 2.39. The van der Waals surface area contributed by atoms with Crippen molar-refractivity contribution in [2.24, 2.45) is 17.8 Å².